The molecule has 0 saturated carbocycles. The van der Waals surface area contributed by atoms with Gasteiger partial charge in [-0.15, -0.1) is 0 Å². The van der Waals surface area contributed by atoms with Gasteiger partial charge in [-0.05, 0) is 51.6 Å². The van der Waals surface area contributed by atoms with Crippen molar-refractivity contribution in [2.45, 2.75) is 31.8 Å². The number of benzene rings is 1. The molecular weight excluding hydrogens is 258 g/mol. The van der Waals surface area contributed by atoms with Gasteiger partial charge in [0.05, 0.1) is 10.7 Å². The third kappa shape index (κ3) is 3.41. The normalized spacial score (nSPS) is 21.2. The summed E-state index contributed by atoms with van der Waals surface area (Å²) in [7, 11) is 4.24. The molecule has 0 amide bonds. The zero-order valence-electron chi connectivity index (χ0n) is 12.1. The standard InChI is InChI=1S/C15H24ClN3/c1-11(17)12-6-7-15(14(16)9-12)19-8-4-5-13(19)10-18(2)3/h6-7,9,11,13H,4-5,8,10,17H2,1-3H3. The van der Waals surface area contributed by atoms with Gasteiger partial charge in [0.2, 0.25) is 0 Å². The number of nitrogens with two attached hydrogens (primary N) is 1. The van der Waals surface area contributed by atoms with Crippen LogP contribution < -0.4 is 10.6 Å². The van der Waals surface area contributed by atoms with E-state index in [9.17, 15) is 0 Å². The Morgan fingerprint density at radius 1 is 1.47 bits per heavy atom. The average molecular weight is 282 g/mol. The van der Waals surface area contributed by atoms with E-state index in [-0.39, 0.29) is 6.04 Å². The zero-order chi connectivity index (χ0) is 14.0. The van der Waals surface area contributed by atoms with E-state index in [4.69, 9.17) is 17.3 Å². The molecule has 1 heterocycles. The Kier molecular flexibility index (Phi) is 4.71. The van der Waals surface area contributed by atoms with Crippen molar-refractivity contribution in [3.05, 3.63) is 28.8 Å². The molecule has 1 fully saturated rings. The van der Waals surface area contributed by atoms with Crippen LogP contribution in [-0.4, -0.2) is 38.1 Å². The van der Waals surface area contributed by atoms with Gasteiger partial charge >= 0.3 is 0 Å². The smallest absolute Gasteiger partial charge is 0.0643 e. The Labute approximate surface area is 121 Å². The minimum Gasteiger partial charge on any atom is -0.366 e. The van der Waals surface area contributed by atoms with E-state index in [1.807, 2.05) is 13.0 Å². The van der Waals surface area contributed by atoms with E-state index in [2.05, 4.69) is 36.0 Å². The minimum absolute atomic E-state index is 0.0303. The molecule has 4 heteroatoms. The maximum Gasteiger partial charge on any atom is 0.0643 e. The van der Waals surface area contributed by atoms with Crippen LogP contribution in [0.4, 0.5) is 5.69 Å². The molecule has 1 saturated heterocycles. The van der Waals surface area contributed by atoms with Crippen molar-refractivity contribution in [3.63, 3.8) is 0 Å². The Morgan fingerprint density at radius 3 is 2.79 bits per heavy atom. The second-order valence-corrected chi connectivity index (χ2v) is 6.16. The lowest BCUT2D eigenvalue weighted by Gasteiger charge is -2.30. The van der Waals surface area contributed by atoms with Crippen LogP contribution in [0.1, 0.15) is 31.4 Å². The number of hydrogen-bond donors (Lipinski definition) is 1. The second kappa shape index (κ2) is 6.12. The number of halogens is 1. The topological polar surface area (TPSA) is 32.5 Å². The molecule has 2 unspecified atom stereocenters. The van der Waals surface area contributed by atoms with E-state index in [1.54, 1.807) is 0 Å². The average Bonchev–Trinajstić information content (AvgIpc) is 2.75. The van der Waals surface area contributed by atoms with Crippen molar-refractivity contribution < 1.29 is 0 Å². The molecule has 0 radical (unpaired) electrons. The third-order valence-corrected chi connectivity index (χ3v) is 4.06. The maximum atomic E-state index is 6.44. The van der Waals surface area contributed by atoms with Gasteiger partial charge < -0.3 is 15.5 Å². The molecule has 1 aliphatic rings. The number of nitrogens with zero attached hydrogens (tertiary/aromatic N) is 2. The van der Waals surface area contributed by atoms with Gasteiger partial charge in [0.15, 0.2) is 0 Å². The second-order valence-electron chi connectivity index (χ2n) is 5.75. The first-order chi connectivity index (χ1) is 8.99. The van der Waals surface area contributed by atoms with Crippen LogP contribution in [0.2, 0.25) is 5.02 Å². The van der Waals surface area contributed by atoms with Gasteiger partial charge in [0, 0.05) is 25.2 Å². The van der Waals surface area contributed by atoms with Crippen LogP contribution in [0, 0.1) is 0 Å². The maximum absolute atomic E-state index is 6.44. The highest BCUT2D eigenvalue weighted by atomic mass is 35.5. The molecule has 2 N–H and O–H groups in total. The quantitative estimate of drug-likeness (QED) is 0.921. The summed E-state index contributed by atoms with van der Waals surface area (Å²) in [5.74, 6) is 0. The first-order valence-corrected chi connectivity index (χ1v) is 7.33. The molecule has 0 bridgehead atoms. The molecule has 1 aliphatic heterocycles. The molecular formula is C15H24ClN3. The molecule has 2 atom stereocenters. The van der Waals surface area contributed by atoms with Crippen molar-refractivity contribution in [1.82, 2.24) is 4.90 Å². The van der Waals surface area contributed by atoms with Gasteiger partial charge in [0.25, 0.3) is 0 Å². The lowest BCUT2D eigenvalue weighted by atomic mass is 10.1. The summed E-state index contributed by atoms with van der Waals surface area (Å²) in [6.45, 7) is 4.15. The van der Waals surface area contributed by atoms with Gasteiger partial charge in [0.1, 0.15) is 0 Å². The molecule has 0 aliphatic carbocycles. The van der Waals surface area contributed by atoms with Crippen LogP contribution in [0.3, 0.4) is 0 Å². The lowest BCUT2D eigenvalue weighted by Crippen LogP contribution is -2.37. The van der Waals surface area contributed by atoms with Crippen LogP contribution in [-0.2, 0) is 0 Å². The first kappa shape index (κ1) is 14.6. The van der Waals surface area contributed by atoms with Gasteiger partial charge in [-0.3, -0.25) is 0 Å². The molecule has 19 heavy (non-hydrogen) atoms. The molecule has 1 aromatic rings. The fourth-order valence-electron chi connectivity index (χ4n) is 2.80. The molecule has 2 rings (SSSR count). The fourth-order valence-corrected chi connectivity index (χ4v) is 3.10. The number of likely N-dealkylation sites (N-methyl/N-ethyl adjacent to an activating group) is 1. The highest BCUT2D eigenvalue weighted by Gasteiger charge is 2.26. The lowest BCUT2D eigenvalue weighted by molar-refractivity contribution is 0.372. The van der Waals surface area contributed by atoms with E-state index in [0.717, 1.165) is 29.4 Å². The summed E-state index contributed by atoms with van der Waals surface area (Å²) in [5, 5.41) is 0.820. The van der Waals surface area contributed by atoms with Crippen LogP contribution >= 0.6 is 11.6 Å². The van der Waals surface area contributed by atoms with E-state index in [0.29, 0.717) is 6.04 Å². The first-order valence-electron chi connectivity index (χ1n) is 6.95. The molecule has 0 spiro atoms. The van der Waals surface area contributed by atoms with Crippen molar-refractivity contribution in [3.8, 4) is 0 Å². The van der Waals surface area contributed by atoms with Gasteiger partial charge in [-0.25, -0.2) is 0 Å². The molecule has 0 aromatic heterocycles. The van der Waals surface area contributed by atoms with Gasteiger partial charge in [-0.2, -0.15) is 0 Å². The van der Waals surface area contributed by atoms with Crippen LogP contribution in [0.15, 0.2) is 18.2 Å². The third-order valence-electron chi connectivity index (χ3n) is 3.76. The molecule has 1 aromatic carbocycles. The predicted octanol–water partition coefficient (Wildman–Crippen LogP) is 2.89. The Hall–Kier alpha value is -0.770. The molecule has 3 nitrogen and oxygen atoms in total. The summed E-state index contributed by atoms with van der Waals surface area (Å²) >= 11 is 6.44. The summed E-state index contributed by atoms with van der Waals surface area (Å²) in [4.78, 5) is 4.68. The summed E-state index contributed by atoms with van der Waals surface area (Å²) in [5.41, 5.74) is 8.14. The fraction of sp³-hybridized carbons (Fsp3) is 0.600. The number of rotatable bonds is 4. The van der Waals surface area contributed by atoms with Crippen LogP contribution in [0.5, 0.6) is 0 Å². The zero-order valence-corrected chi connectivity index (χ0v) is 12.8. The Balaban J connectivity index is 2.21. The van der Waals surface area contributed by atoms with E-state index < -0.39 is 0 Å². The van der Waals surface area contributed by atoms with Crippen molar-refractivity contribution in [2.75, 3.05) is 32.1 Å². The van der Waals surface area contributed by atoms with E-state index >= 15 is 0 Å². The SMILES string of the molecule is CC(N)c1ccc(N2CCCC2CN(C)C)c(Cl)c1. The molecule has 106 valence electrons. The Morgan fingerprint density at radius 2 is 2.21 bits per heavy atom. The number of anilines is 1. The monoisotopic (exact) mass is 281 g/mol. The largest absolute Gasteiger partial charge is 0.366 e. The summed E-state index contributed by atoms with van der Waals surface area (Å²) in [6, 6.07) is 6.81. The summed E-state index contributed by atoms with van der Waals surface area (Å²) in [6.07, 6.45) is 2.48. The number of hydrogen-bond acceptors (Lipinski definition) is 3. The van der Waals surface area contributed by atoms with E-state index in [1.165, 1.54) is 12.8 Å². The van der Waals surface area contributed by atoms with Crippen molar-refractivity contribution in [2.24, 2.45) is 5.73 Å². The van der Waals surface area contributed by atoms with Crippen molar-refractivity contribution in [1.29, 1.82) is 0 Å². The van der Waals surface area contributed by atoms with Crippen LogP contribution in [0.25, 0.3) is 0 Å². The van der Waals surface area contributed by atoms with Gasteiger partial charge in [-0.1, -0.05) is 17.7 Å². The van der Waals surface area contributed by atoms with Crippen molar-refractivity contribution >= 4 is 17.3 Å². The highest BCUT2D eigenvalue weighted by Crippen LogP contribution is 2.33. The summed E-state index contributed by atoms with van der Waals surface area (Å²) < 4.78 is 0. The minimum atomic E-state index is 0.0303. The predicted molar refractivity (Wildman–Crippen MR) is 83.0 cm³/mol. The Bertz CT molecular complexity index is 431. The highest BCUT2D eigenvalue weighted by molar-refractivity contribution is 6.33.